The minimum atomic E-state index is 0.168. The number of carbonyl (C=O) groups is 1. The van der Waals surface area contributed by atoms with Crippen LogP contribution in [0.1, 0.15) is 62.2 Å². The second-order valence-electron chi connectivity index (χ2n) is 7.85. The van der Waals surface area contributed by atoms with E-state index in [0.717, 1.165) is 23.8 Å². The van der Waals surface area contributed by atoms with Gasteiger partial charge in [0.25, 0.3) is 0 Å². The fourth-order valence-electron chi connectivity index (χ4n) is 4.21. The Morgan fingerprint density at radius 1 is 1.31 bits per heavy atom. The third kappa shape index (κ3) is 5.22. The summed E-state index contributed by atoms with van der Waals surface area (Å²) in [5, 5.41) is 12.0. The zero-order chi connectivity index (χ0) is 20.1. The molecule has 2 aromatic rings. The van der Waals surface area contributed by atoms with Gasteiger partial charge in [-0.1, -0.05) is 44.0 Å². The number of carbonyl (C=O) groups excluding carboxylic acids is 1. The van der Waals surface area contributed by atoms with Gasteiger partial charge in [-0.2, -0.15) is 0 Å². The van der Waals surface area contributed by atoms with Gasteiger partial charge in [-0.3, -0.25) is 4.79 Å². The van der Waals surface area contributed by atoms with E-state index in [1.807, 2.05) is 4.90 Å². The van der Waals surface area contributed by atoms with Crippen LogP contribution in [0.4, 0.5) is 0 Å². The fraction of sp³-hybridized carbons (Fsp3) is 0.667. The molecule has 3 heterocycles. The van der Waals surface area contributed by atoms with Gasteiger partial charge in [0, 0.05) is 30.4 Å². The molecule has 1 saturated heterocycles. The molecule has 6 nitrogen and oxygen atoms in total. The summed E-state index contributed by atoms with van der Waals surface area (Å²) in [6, 6.07) is 4.70. The van der Waals surface area contributed by atoms with Gasteiger partial charge in [-0.25, -0.2) is 0 Å². The van der Waals surface area contributed by atoms with Crippen LogP contribution in [-0.2, 0) is 16.0 Å². The minimum Gasteiger partial charge on any atom is -0.375 e. The summed E-state index contributed by atoms with van der Waals surface area (Å²) in [6.45, 7) is 4.14. The number of aromatic nitrogens is 3. The van der Waals surface area contributed by atoms with Crippen molar-refractivity contribution in [2.75, 3.05) is 25.4 Å². The van der Waals surface area contributed by atoms with E-state index in [4.69, 9.17) is 4.74 Å². The Labute approximate surface area is 181 Å². The molecule has 1 amide bonds. The van der Waals surface area contributed by atoms with Gasteiger partial charge in [-0.15, -0.1) is 21.5 Å². The molecule has 1 aliphatic heterocycles. The molecule has 1 unspecified atom stereocenters. The molecule has 158 valence electrons. The van der Waals surface area contributed by atoms with Crippen LogP contribution in [0.2, 0.25) is 0 Å². The molecule has 1 saturated carbocycles. The molecule has 2 aromatic heterocycles. The molecule has 1 atom stereocenters. The third-order valence-electron chi connectivity index (χ3n) is 5.86. The Bertz CT molecular complexity index is 787. The van der Waals surface area contributed by atoms with E-state index in [-0.39, 0.29) is 12.0 Å². The first-order chi connectivity index (χ1) is 14.2. The lowest BCUT2D eigenvalue weighted by Crippen LogP contribution is -2.46. The lowest BCUT2D eigenvalue weighted by atomic mass is 9.95. The van der Waals surface area contributed by atoms with Crippen molar-refractivity contribution in [1.82, 2.24) is 19.7 Å². The summed E-state index contributed by atoms with van der Waals surface area (Å²) in [5.41, 5.74) is 0. The van der Waals surface area contributed by atoms with E-state index in [0.29, 0.717) is 31.5 Å². The van der Waals surface area contributed by atoms with Gasteiger partial charge in [-0.05, 0) is 30.7 Å². The summed E-state index contributed by atoms with van der Waals surface area (Å²) < 4.78 is 8.03. The maximum atomic E-state index is 12.8. The van der Waals surface area contributed by atoms with Crippen LogP contribution >= 0.6 is 23.1 Å². The van der Waals surface area contributed by atoms with Crippen molar-refractivity contribution in [2.45, 2.75) is 69.2 Å². The van der Waals surface area contributed by atoms with Crippen molar-refractivity contribution >= 4 is 29.0 Å². The lowest BCUT2D eigenvalue weighted by molar-refractivity contribution is -0.135. The van der Waals surface area contributed by atoms with Crippen LogP contribution in [0, 0.1) is 0 Å². The Morgan fingerprint density at radius 2 is 2.17 bits per heavy atom. The second-order valence-corrected chi connectivity index (χ2v) is 9.82. The molecular weight excluding hydrogens is 404 g/mol. The molecule has 2 fully saturated rings. The first kappa shape index (κ1) is 20.9. The van der Waals surface area contributed by atoms with Crippen molar-refractivity contribution in [3.05, 3.63) is 28.2 Å². The number of nitrogens with zero attached hydrogens (tertiary/aromatic N) is 4. The maximum Gasteiger partial charge on any atom is 0.233 e. The smallest absolute Gasteiger partial charge is 0.233 e. The number of thioether (sulfide) groups is 1. The Morgan fingerprint density at radius 3 is 2.93 bits per heavy atom. The second kappa shape index (κ2) is 10.1. The average molecular weight is 435 g/mol. The third-order valence-corrected chi connectivity index (χ3v) is 7.66. The molecule has 2 aliphatic rings. The van der Waals surface area contributed by atoms with Gasteiger partial charge in [0.2, 0.25) is 5.91 Å². The van der Waals surface area contributed by atoms with Crippen LogP contribution in [0.3, 0.4) is 0 Å². The zero-order valence-corrected chi connectivity index (χ0v) is 18.7. The molecule has 0 N–H and O–H groups in total. The predicted molar refractivity (Wildman–Crippen MR) is 117 cm³/mol. The van der Waals surface area contributed by atoms with Crippen LogP contribution in [0.5, 0.6) is 0 Å². The zero-order valence-electron chi connectivity index (χ0n) is 17.1. The Kier molecular flexibility index (Phi) is 7.26. The standard InChI is InChI=1S/C21H30N4O2S2/c1-2-17-14-24(10-11-27-17)20(26)15-29-21-23-22-19(13-18-9-6-12-28-18)25(21)16-7-4-3-5-8-16/h6,9,12,16-17H,2-5,7-8,10-11,13-15H2,1H3. The van der Waals surface area contributed by atoms with Crippen molar-refractivity contribution in [3.63, 3.8) is 0 Å². The highest BCUT2D eigenvalue weighted by Gasteiger charge is 2.26. The lowest BCUT2D eigenvalue weighted by Gasteiger charge is -2.32. The Hall–Kier alpha value is -1.38. The van der Waals surface area contributed by atoms with Crippen LogP contribution in [0.25, 0.3) is 0 Å². The molecule has 8 heteroatoms. The van der Waals surface area contributed by atoms with Crippen molar-refractivity contribution in [2.24, 2.45) is 0 Å². The quantitative estimate of drug-likeness (QED) is 0.612. The molecule has 1 aliphatic carbocycles. The number of hydrogen-bond acceptors (Lipinski definition) is 6. The average Bonchev–Trinajstić information content (AvgIpc) is 3.43. The SMILES string of the molecule is CCC1CN(C(=O)CSc2nnc(Cc3cccs3)n2C2CCCCC2)CCO1. The summed E-state index contributed by atoms with van der Waals surface area (Å²) in [5.74, 6) is 1.63. The number of amides is 1. The van der Waals surface area contributed by atoms with Crippen LogP contribution < -0.4 is 0 Å². The highest BCUT2D eigenvalue weighted by atomic mass is 32.2. The minimum absolute atomic E-state index is 0.168. The van der Waals surface area contributed by atoms with Crippen molar-refractivity contribution in [3.8, 4) is 0 Å². The molecule has 0 bridgehead atoms. The Balaban J connectivity index is 1.46. The van der Waals surface area contributed by atoms with Gasteiger partial charge < -0.3 is 14.2 Å². The van der Waals surface area contributed by atoms with Crippen LogP contribution in [0.15, 0.2) is 22.7 Å². The summed E-state index contributed by atoms with van der Waals surface area (Å²) >= 11 is 3.31. The van der Waals surface area contributed by atoms with Crippen LogP contribution in [-0.4, -0.2) is 57.1 Å². The molecular formula is C21H30N4O2S2. The summed E-state index contributed by atoms with van der Waals surface area (Å²) in [4.78, 5) is 16.0. The highest BCUT2D eigenvalue weighted by Crippen LogP contribution is 2.33. The molecule has 0 radical (unpaired) electrons. The predicted octanol–water partition coefficient (Wildman–Crippen LogP) is 4.17. The first-order valence-electron chi connectivity index (χ1n) is 10.7. The van der Waals surface area contributed by atoms with E-state index >= 15 is 0 Å². The number of morpholine rings is 1. The highest BCUT2D eigenvalue weighted by molar-refractivity contribution is 7.99. The van der Waals surface area contributed by atoms with Gasteiger partial charge in [0.1, 0.15) is 5.82 Å². The maximum absolute atomic E-state index is 12.8. The van der Waals surface area contributed by atoms with E-state index < -0.39 is 0 Å². The van der Waals surface area contributed by atoms with Crippen molar-refractivity contribution in [1.29, 1.82) is 0 Å². The van der Waals surface area contributed by atoms with Gasteiger partial charge in [0.15, 0.2) is 5.16 Å². The van der Waals surface area contributed by atoms with E-state index in [9.17, 15) is 4.79 Å². The number of ether oxygens (including phenoxy) is 1. The molecule has 0 aromatic carbocycles. The summed E-state index contributed by atoms with van der Waals surface area (Å²) in [6.07, 6.45) is 8.12. The van der Waals surface area contributed by atoms with Crippen molar-refractivity contribution < 1.29 is 9.53 Å². The number of hydrogen-bond donors (Lipinski definition) is 0. The molecule has 29 heavy (non-hydrogen) atoms. The monoisotopic (exact) mass is 434 g/mol. The normalized spacial score (nSPS) is 20.9. The molecule has 0 spiro atoms. The topological polar surface area (TPSA) is 60.2 Å². The van der Waals surface area contributed by atoms with E-state index in [2.05, 4.69) is 39.2 Å². The first-order valence-corrected chi connectivity index (χ1v) is 12.6. The van der Waals surface area contributed by atoms with E-state index in [1.54, 1.807) is 23.1 Å². The van der Waals surface area contributed by atoms with E-state index in [1.165, 1.54) is 37.0 Å². The largest absolute Gasteiger partial charge is 0.375 e. The molecule has 4 rings (SSSR count). The van der Waals surface area contributed by atoms with Gasteiger partial charge >= 0.3 is 0 Å². The fourth-order valence-corrected chi connectivity index (χ4v) is 5.84. The summed E-state index contributed by atoms with van der Waals surface area (Å²) in [7, 11) is 0. The van der Waals surface area contributed by atoms with Gasteiger partial charge in [0.05, 0.1) is 18.5 Å². The number of thiophene rings is 1. The number of rotatable bonds is 7.